The van der Waals surface area contributed by atoms with Gasteiger partial charge in [0.15, 0.2) is 0 Å². The molecule has 1 N–H and O–H groups in total. The molecule has 0 bridgehead atoms. The highest BCUT2D eigenvalue weighted by molar-refractivity contribution is 5.98. The minimum Gasteiger partial charge on any atom is -0.508 e. The average molecular weight is 373 g/mol. The van der Waals surface area contributed by atoms with Gasteiger partial charge in [0.25, 0.3) is 0 Å². The second-order valence-corrected chi connectivity index (χ2v) is 6.51. The fourth-order valence-corrected chi connectivity index (χ4v) is 3.44. The molecule has 2 aliphatic heterocycles. The van der Waals surface area contributed by atoms with Crippen molar-refractivity contribution in [2.75, 3.05) is 27.4 Å². The Kier molecular flexibility index (Phi) is 5.81. The van der Waals surface area contributed by atoms with Crippen molar-refractivity contribution in [3.8, 4) is 5.75 Å². The molecule has 0 amide bonds. The number of ether oxygens (including phenoxy) is 3. The zero-order valence-corrected chi connectivity index (χ0v) is 15.4. The van der Waals surface area contributed by atoms with Crippen LogP contribution in [0.2, 0.25) is 0 Å². The number of nitrogens with zero attached hydrogens (tertiary/aromatic N) is 1. The number of hydrogen-bond donors (Lipinski definition) is 1. The number of aromatic hydroxyl groups is 1. The average Bonchev–Trinajstić information content (AvgIpc) is 3.20. The lowest BCUT2D eigenvalue weighted by Crippen LogP contribution is -2.32. The van der Waals surface area contributed by atoms with Crippen LogP contribution < -0.4 is 0 Å². The van der Waals surface area contributed by atoms with E-state index in [9.17, 15) is 14.7 Å². The second kappa shape index (κ2) is 8.26. The van der Waals surface area contributed by atoms with E-state index in [-0.39, 0.29) is 11.9 Å². The van der Waals surface area contributed by atoms with Crippen molar-refractivity contribution in [2.45, 2.75) is 24.9 Å². The van der Waals surface area contributed by atoms with Gasteiger partial charge in [0, 0.05) is 25.6 Å². The first-order valence-corrected chi connectivity index (χ1v) is 8.79. The predicted molar refractivity (Wildman–Crippen MR) is 96.7 cm³/mol. The van der Waals surface area contributed by atoms with Crippen molar-refractivity contribution in [1.82, 2.24) is 4.90 Å². The molecule has 1 aromatic carbocycles. The van der Waals surface area contributed by atoms with Crippen LogP contribution in [0.15, 0.2) is 47.8 Å². The van der Waals surface area contributed by atoms with Gasteiger partial charge in [-0.2, -0.15) is 0 Å². The van der Waals surface area contributed by atoms with E-state index in [1.165, 1.54) is 26.4 Å². The maximum Gasteiger partial charge on any atom is 0.336 e. The Balaban J connectivity index is 2.01. The molecule has 27 heavy (non-hydrogen) atoms. The number of rotatable bonds is 5. The number of methoxy groups -OCH3 is 2. The van der Waals surface area contributed by atoms with E-state index in [0.29, 0.717) is 23.3 Å². The van der Waals surface area contributed by atoms with Crippen LogP contribution in [0.25, 0.3) is 0 Å². The lowest BCUT2D eigenvalue weighted by Gasteiger charge is -2.31. The van der Waals surface area contributed by atoms with Gasteiger partial charge in [-0.25, -0.2) is 9.59 Å². The smallest absolute Gasteiger partial charge is 0.336 e. The molecule has 0 spiro atoms. The summed E-state index contributed by atoms with van der Waals surface area (Å²) in [5.41, 5.74) is 1.33. The zero-order chi connectivity index (χ0) is 19.4. The highest BCUT2D eigenvalue weighted by atomic mass is 16.5. The number of phenolic OH excluding ortho intramolecular Hbond substituents is 1. The molecule has 1 saturated heterocycles. The molecule has 2 heterocycles. The zero-order valence-electron chi connectivity index (χ0n) is 15.4. The van der Waals surface area contributed by atoms with Crippen molar-refractivity contribution in [1.29, 1.82) is 0 Å². The molecule has 0 saturated carbocycles. The minimum absolute atomic E-state index is 0.0421. The summed E-state index contributed by atoms with van der Waals surface area (Å²) in [4.78, 5) is 26.7. The summed E-state index contributed by atoms with van der Waals surface area (Å²) in [6, 6.07) is 6.36. The van der Waals surface area contributed by atoms with E-state index in [4.69, 9.17) is 14.2 Å². The number of benzene rings is 1. The van der Waals surface area contributed by atoms with E-state index in [1.54, 1.807) is 29.4 Å². The van der Waals surface area contributed by atoms with Gasteiger partial charge in [0.05, 0.1) is 37.4 Å². The molecule has 0 radical (unpaired) electrons. The van der Waals surface area contributed by atoms with Gasteiger partial charge in [-0.15, -0.1) is 0 Å². The molecule has 1 unspecified atom stereocenters. The van der Waals surface area contributed by atoms with Crippen LogP contribution in [0.5, 0.6) is 5.75 Å². The minimum atomic E-state index is -0.647. The number of carbonyl (C=O) groups excluding carboxylic acids is 2. The Labute approximate surface area is 157 Å². The summed E-state index contributed by atoms with van der Waals surface area (Å²) in [6.07, 6.45) is 5.35. The molecule has 7 heteroatoms. The van der Waals surface area contributed by atoms with Gasteiger partial charge in [-0.1, -0.05) is 12.1 Å². The highest BCUT2D eigenvalue weighted by Gasteiger charge is 2.35. The van der Waals surface area contributed by atoms with Crippen molar-refractivity contribution >= 4 is 11.9 Å². The van der Waals surface area contributed by atoms with Crippen LogP contribution in [-0.2, 0) is 23.8 Å². The monoisotopic (exact) mass is 373 g/mol. The molecule has 2 aliphatic rings. The number of phenols is 1. The Morgan fingerprint density at radius 1 is 1.11 bits per heavy atom. The molecule has 1 aromatic rings. The second-order valence-electron chi connectivity index (χ2n) is 6.51. The first kappa shape index (κ1) is 19.0. The first-order chi connectivity index (χ1) is 13.0. The molecule has 0 aromatic heterocycles. The normalized spacial score (nSPS) is 20.1. The standard InChI is InChI=1S/C20H23NO6/c1-25-19(23)16-11-21(10-15-4-3-9-27-15)12-17(20(24)26-2)18(16)13-5-7-14(22)8-6-13/h5-8,11-12,15,18,22H,3-4,9-10H2,1-2H3. The molecule has 1 fully saturated rings. The van der Waals surface area contributed by atoms with Crippen LogP contribution in [0.1, 0.15) is 24.3 Å². The van der Waals surface area contributed by atoms with E-state index < -0.39 is 17.9 Å². The lowest BCUT2D eigenvalue weighted by atomic mass is 9.83. The molecule has 3 rings (SSSR count). The van der Waals surface area contributed by atoms with Gasteiger partial charge in [0.2, 0.25) is 0 Å². The van der Waals surface area contributed by atoms with Crippen molar-refractivity contribution in [3.05, 3.63) is 53.4 Å². The third-order valence-corrected chi connectivity index (χ3v) is 4.74. The number of hydrogen-bond acceptors (Lipinski definition) is 7. The van der Waals surface area contributed by atoms with Crippen LogP contribution >= 0.6 is 0 Å². The Morgan fingerprint density at radius 2 is 1.70 bits per heavy atom. The van der Waals surface area contributed by atoms with E-state index in [0.717, 1.165) is 19.4 Å². The Hall–Kier alpha value is -2.80. The van der Waals surface area contributed by atoms with Crippen molar-refractivity contribution in [2.24, 2.45) is 0 Å². The van der Waals surface area contributed by atoms with Gasteiger partial charge in [0.1, 0.15) is 5.75 Å². The highest BCUT2D eigenvalue weighted by Crippen LogP contribution is 2.37. The fourth-order valence-electron chi connectivity index (χ4n) is 3.44. The van der Waals surface area contributed by atoms with E-state index in [1.807, 2.05) is 0 Å². The van der Waals surface area contributed by atoms with Crippen LogP contribution in [0, 0.1) is 0 Å². The summed E-state index contributed by atoms with van der Waals surface area (Å²) in [7, 11) is 2.61. The van der Waals surface area contributed by atoms with Crippen LogP contribution in [-0.4, -0.2) is 55.4 Å². The largest absolute Gasteiger partial charge is 0.508 e. The van der Waals surface area contributed by atoms with Crippen LogP contribution in [0.3, 0.4) is 0 Å². The number of esters is 2. The molecule has 1 atom stereocenters. The fraction of sp³-hybridized carbons (Fsp3) is 0.400. The van der Waals surface area contributed by atoms with Gasteiger partial charge >= 0.3 is 11.9 Å². The summed E-state index contributed by atoms with van der Waals surface area (Å²) < 4.78 is 15.6. The van der Waals surface area contributed by atoms with E-state index >= 15 is 0 Å². The molecular weight excluding hydrogens is 350 g/mol. The topological polar surface area (TPSA) is 85.3 Å². The van der Waals surface area contributed by atoms with Gasteiger partial charge < -0.3 is 24.2 Å². The van der Waals surface area contributed by atoms with Crippen molar-refractivity contribution < 1.29 is 28.9 Å². The summed E-state index contributed by atoms with van der Waals surface area (Å²) in [6.45, 7) is 1.25. The van der Waals surface area contributed by atoms with Gasteiger partial charge in [-0.3, -0.25) is 0 Å². The molecular formula is C20H23NO6. The summed E-state index contributed by atoms with van der Waals surface area (Å²) in [5, 5.41) is 9.56. The van der Waals surface area contributed by atoms with Crippen LogP contribution in [0.4, 0.5) is 0 Å². The molecule has 144 valence electrons. The Bertz CT molecular complexity index is 727. The SMILES string of the molecule is COC(=O)C1=CN(CC2CCCO2)C=C(C(=O)OC)C1c1ccc(O)cc1. The van der Waals surface area contributed by atoms with E-state index in [2.05, 4.69) is 0 Å². The van der Waals surface area contributed by atoms with Crippen molar-refractivity contribution in [3.63, 3.8) is 0 Å². The maximum atomic E-state index is 12.5. The summed E-state index contributed by atoms with van der Waals surface area (Å²) >= 11 is 0. The third-order valence-electron chi connectivity index (χ3n) is 4.74. The number of carbonyl (C=O) groups is 2. The summed E-state index contributed by atoms with van der Waals surface area (Å²) in [5.74, 6) is -1.60. The predicted octanol–water partition coefficient (Wildman–Crippen LogP) is 2.08. The van der Waals surface area contributed by atoms with Gasteiger partial charge in [-0.05, 0) is 30.5 Å². The lowest BCUT2D eigenvalue weighted by molar-refractivity contribution is -0.137. The quantitative estimate of drug-likeness (QED) is 0.791. The first-order valence-electron chi connectivity index (χ1n) is 8.79. The maximum absolute atomic E-state index is 12.5. The third kappa shape index (κ3) is 4.14. The molecule has 0 aliphatic carbocycles. The Morgan fingerprint density at radius 3 is 2.19 bits per heavy atom. The molecule has 7 nitrogen and oxygen atoms in total.